The van der Waals surface area contributed by atoms with Crippen molar-refractivity contribution in [2.24, 2.45) is 5.73 Å². The van der Waals surface area contributed by atoms with Crippen LogP contribution in [0.15, 0.2) is 17.1 Å². The zero-order valence-electron chi connectivity index (χ0n) is 7.74. The van der Waals surface area contributed by atoms with Crippen LogP contribution < -0.4 is 11.3 Å². The van der Waals surface area contributed by atoms with Gasteiger partial charge in [0.2, 0.25) is 0 Å². The van der Waals surface area contributed by atoms with Gasteiger partial charge in [-0.3, -0.25) is 4.79 Å². The number of hydrogen-bond acceptors (Lipinski definition) is 3. The van der Waals surface area contributed by atoms with Crippen LogP contribution in [0.5, 0.6) is 0 Å². The van der Waals surface area contributed by atoms with Crippen molar-refractivity contribution in [2.45, 2.75) is 26.0 Å². The molecule has 0 unspecified atom stereocenters. The SMILES string of the molecule is Cc1cc([C@@H](N)[C@H](C)O)c[nH]c1=O. The maximum atomic E-state index is 11.0. The van der Waals surface area contributed by atoms with E-state index in [9.17, 15) is 9.90 Å². The molecule has 0 amide bonds. The highest BCUT2D eigenvalue weighted by molar-refractivity contribution is 5.20. The molecule has 0 spiro atoms. The summed E-state index contributed by atoms with van der Waals surface area (Å²) in [5.41, 5.74) is 6.91. The minimum absolute atomic E-state index is 0.124. The van der Waals surface area contributed by atoms with Gasteiger partial charge in [-0.05, 0) is 25.5 Å². The van der Waals surface area contributed by atoms with Crippen LogP contribution in [-0.4, -0.2) is 16.2 Å². The third-order valence-corrected chi connectivity index (χ3v) is 2.02. The molecule has 72 valence electrons. The second-order valence-electron chi connectivity index (χ2n) is 3.21. The standard InChI is InChI=1S/C9H14N2O2/c1-5-3-7(4-11-9(5)13)8(10)6(2)12/h3-4,6,8,12H,10H2,1-2H3,(H,11,13)/t6-,8-/m0/s1. The third-order valence-electron chi connectivity index (χ3n) is 2.02. The molecule has 0 saturated carbocycles. The van der Waals surface area contributed by atoms with Crippen LogP contribution in [0.4, 0.5) is 0 Å². The second kappa shape index (κ2) is 3.72. The summed E-state index contributed by atoms with van der Waals surface area (Å²) in [7, 11) is 0. The first-order chi connectivity index (χ1) is 6.02. The van der Waals surface area contributed by atoms with Crippen molar-refractivity contribution in [3.05, 3.63) is 33.7 Å². The summed E-state index contributed by atoms with van der Waals surface area (Å²) in [6.07, 6.45) is 0.914. The molecule has 2 atom stereocenters. The van der Waals surface area contributed by atoms with Gasteiger partial charge < -0.3 is 15.8 Å². The molecular weight excluding hydrogens is 168 g/mol. The molecule has 0 radical (unpaired) electrons. The van der Waals surface area contributed by atoms with Gasteiger partial charge >= 0.3 is 0 Å². The highest BCUT2D eigenvalue weighted by atomic mass is 16.3. The quantitative estimate of drug-likeness (QED) is 0.605. The van der Waals surface area contributed by atoms with Crippen molar-refractivity contribution in [3.8, 4) is 0 Å². The van der Waals surface area contributed by atoms with Gasteiger partial charge in [0.1, 0.15) is 0 Å². The number of nitrogens with one attached hydrogen (secondary N) is 1. The summed E-state index contributed by atoms with van der Waals surface area (Å²) in [5.74, 6) is 0. The molecule has 0 aliphatic heterocycles. The van der Waals surface area contributed by atoms with Crippen LogP contribution in [0.3, 0.4) is 0 Å². The van der Waals surface area contributed by atoms with E-state index in [2.05, 4.69) is 4.98 Å². The van der Waals surface area contributed by atoms with Crippen LogP contribution in [-0.2, 0) is 0 Å². The van der Waals surface area contributed by atoms with Crippen molar-refractivity contribution in [3.63, 3.8) is 0 Å². The second-order valence-corrected chi connectivity index (χ2v) is 3.21. The Hall–Kier alpha value is -1.13. The number of aliphatic hydroxyl groups is 1. The number of aliphatic hydroxyl groups excluding tert-OH is 1. The van der Waals surface area contributed by atoms with Gasteiger partial charge in [-0.1, -0.05) is 0 Å². The Kier molecular flexibility index (Phi) is 2.85. The maximum absolute atomic E-state index is 11.0. The van der Waals surface area contributed by atoms with E-state index in [1.165, 1.54) is 6.20 Å². The highest BCUT2D eigenvalue weighted by Crippen LogP contribution is 2.12. The summed E-state index contributed by atoms with van der Waals surface area (Å²) in [5, 5.41) is 9.22. The summed E-state index contributed by atoms with van der Waals surface area (Å²) in [6.45, 7) is 3.32. The largest absolute Gasteiger partial charge is 0.391 e. The monoisotopic (exact) mass is 182 g/mol. The number of H-pyrrole nitrogens is 1. The van der Waals surface area contributed by atoms with Crippen LogP contribution in [0.2, 0.25) is 0 Å². The topological polar surface area (TPSA) is 79.1 Å². The van der Waals surface area contributed by atoms with Crippen molar-refractivity contribution in [2.75, 3.05) is 0 Å². The molecule has 1 aromatic heterocycles. The normalized spacial score (nSPS) is 15.4. The van der Waals surface area contributed by atoms with Crippen LogP contribution in [0.1, 0.15) is 24.1 Å². The lowest BCUT2D eigenvalue weighted by Crippen LogP contribution is -2.24. The van der Waals surface area contributed by atoms with E-state index in [4.69, 9.17) is 5.73 Å². The van der Waals surface area contributed by atoms with Gasteiger partial charge in [-0.2, -0.15) is 0 Å². The fourth-order valence-electron chi connectivity index (χ4n) is 1.09. The minimum Gasteiger partial charge on any atom is -0.391 e. The van der Waals surface area contributed by atoms with Gasteiger partial charge in [-0.15, -0.1) is 0 Å². The van der Waals surface area contributed by atoms with Crippen LogP contribution >= 0.6 is 0 Å². The van der Waals surface area contributed by atoms with Gasteiger partial charge in [0.05, 0.1) is 12.1 Å². The van der Waals surface area contributed by atoms with E-state index in [0.29, 0.717) is 5.56 Å². The van der Waals surface area contributed by atoms with Gasteiger partial charge in [0.25, 0.3) is 5.56 Å². The Bertz CT molecular complexity index is 344. The van der Waals surface area contributed by atoms with E-state index in [1.807, 2.05) is 0 Å². The number of nitrogens with two attached hydrogens (primary N) is 1. The molecule has 1 heterocycles. The summed E-state index contributed by atoms with van der Waals surface area (Å²) in [4.78, 5) is 13.6. The van der Waals surface area contributed by atoms with E-state index in [1.54, 1.807) is 19.9 Å². The predicted molar refractivity (Wildman–Crippen MR) is 50.4 cm³/mol. The van der Waals surface area contributed by atoms with Crippen molar-refractivity contribution in [1.29, 1.82) is 0 Å². The van der Waals surface area contributed by atoms with Crippen molar-refractivity contribution in [1.82, 2.24) is 4.98 Å². The number of aryl methyl sites for hydroxylation is 1. The smallest absolute Gasteiger partial charge is 0.250 e. The maximum Gasteiger partial charge on any atom is 0.250 e. The summed E-state index contributed by atoms with van der Waals surface area (Å²) < 4.78 is 0. The molecular formula is C9H14N2O2. The Balaban J connectivity index is 3.04. The lowest BCUT2D eigenvalue weighted by atomic mass is 10.0. The van der Waals surface area contributed by atoms with E-state index in [0.717, 1.165) is 5.56 Å². The molecule has 0 bridgehead atoms. The Morgan fingerprint density at radius 2 is 2.23 bits per heavy atom. The van der Waals surface area contributed by atoms with Crippen molar-refractivity contribution >= 4 is 0 Å². The Morgan fingerprint density at radius 3 is 2.69 bits per heavy atom. The molecule has 4 nitrogen and oxygen atoms in total. The average Bonchev–Trinajstić information content (AvgIpc) is 2.08. The molecule has 0 fully saturated rings. The molecule has 4 heteroatoms. The Morgan fingerprint density at radius 1 is 1.62 bits per heavy atom. The molecule has 0 aromatic carbocycles. The van der Waals surface area contributed by atoms with Crippen molar-refractivity contribution < 1.29 is 5.11 Å². The predicted octanol–water partition coefficient (Wildman–Crippen LogP) is 0.0639. The summed E-state index contributed by atoms with van der Waals surface area (Å²) in [6, 6.07) is 1.24. The van der Waals surface area contributed by atoms with Gasteiger partial charge in [0.15, 0.2) is 0 Å². The number of hydrogen-bond donors (Lipinski definition) is 3. The first kappa shape index (κ1) is 9.95. The number of rotatable bonds is 2. The zero-order chi connectivity index (χ0) is 10.0. The van der Waals surface area contributed by atoms with Gasteiger partial charge in [-0.25, -0.2) is 0 Å². The molecule has 1 rings (SSSR count). The lowest BCUT2D eigenvalue weighted by Gasteiger charge is -2.14. The molecule has 4 N–H and O–H groups in total. The highest BCUT2D eigenvalue weighted by Gasteiger charge is 2.12. The molecule has 1 aromatic rings. The van der Waals surface area contributed by atoms with Crippen LogP contribution in [0, 0.1) is 6.92 Å². The zero-order valence-corrected chi connectivity index (χ0v) is 7.74. The molecule has 0 aliphatic carbocycles. The minimum atomic E-state index is -0.620. The fourth-order valence-corrected chi connectivity index (χ4v) is 1.09. The third kappa shape index (κ3) is 2.17. The molecule has 0 aliphatic rings. The fraction of sp³-hybridized carbons (Fsp3) is 0.444. The number of aromatic nitrogens is 1. The van der Waals surface area contributed by atoms with Gasteiger partial charge in [0, 0.05) is 11.8 Å². The number of pyridine rings is 1. The first-order valence-electron chi connectivity index (χ1n) is 4.15. The first-order valence-corrected chi connectivity index (χ1v) is 4.15. The molecule has 0 saturated heterocycles. The van der Waals surface area contributed by atoms with E-state index >= 15 is 0 Å². The Labute approximate surface area is 76.4 Å². The van der Waals surface area contributed by atoms with Crippen LogP contribution in [0.25, 0.3) is 0 Å². The summed E-state index contributed by atoms with van der Waals surface area (Å²) >= 11 is 0. The number of aromatic amines is 1. The van der Waals surface area contributed by atoms with E-state index in [-0.39, 0.29) is 5.56 Å². The average molecular weight is 182 g/mol. The lowest BCUT2D eigenvalue weighted by molar-refractivity contribution is 0.164. The van der Waals surface area contributed by atoms with E-state index < -0.39 is 12.1 Å². The molecule has 13 heavy (non-hydrogen) atoms.